The number of carbonyl (C=O) groups is 1. The zero-order valence-electron chi connectivity index (χ0n) is 13.1. The van der Waals surface area contributed by atoms with Gasteiger partial charge in [-0.3, -0.25) is 4.55 Å². The highest BCUT2D eigenvalue weighted by Gasteiger charge is 2.51. The summed E-state index contributed by atoms with van der Waals surface area (Å²) in [5.74, 6) is 0. The third-order valence-electron chi connectivity index (χ3n) is 3.98. The van der Waals surface area contributed by atoms with E-state index in [1.807, 2.05) is 0 Å². The molecule has 14 heteroatoms. The van der Waals surface area contributed by atoms with Crippen LogP contribution in [-0.2, 0) is 33.6 Å². The lowest BCUT2D eigenvalue weighted by Crippen LogP contribution is -2.61. The highest BCUT2D eigenvalue weighted by atomic mass is 32.3. The minimum absolute atomic E-state index is 0.151. The first-order valence-corrected chi connectivity index (χ1v) is 8.82. The number of hydrogen-bond donors (Lipinski definition) is 6. The van der Waals surface area contributed by atoms with Crippen molar-refractivity contribution in [3.8, 4) is 0 Å². The summed E-state index contributed by atoms with van der Waals surface area (Å²) in [6.45, 7) is -1.17. The molecule has 0 radical (unpaired) electrons. The molecule has 0 spiro atoms. The zero-order valence-corrected chi connectivity index (χ0v) is 14.0. The highest BCUT2D eigenvalue weighted by Crippen LogP contribution is 2.29. The van der Waals surface area contributed by atoms with Crippen LogP contribution in [0.1, 0.15) is 0 Å². The van der Waals surface area contributed by atoms with Crippen molar-refractivity contribution in [1.82, 2.24) is 0 Å². The molecule has 2 heterocycles. The minimum Gasteiger partial charge on any atom is -0.394 e. The van der Waals surface area contributed by atoms with E-state index in [2.05, 4.69) is 4.18 Å². The quantitative estimate of drug-likeness (QED) is 0.174. The van der Waals surface area contributed by atoms with E-state index in [-0.39, 0.29) is 12.9 Å². The predicted molar refractivity (Wildman–Crippen MR) is 76.9 cm³/mol. The van der Waals surface area contributed by atoms with Crippen molar-refractivity contribution in [2.75, 3.05) is 13.2 Å². The summed E-state index contributed by atoms with van der Waals surface area (Å²) >= 11 is 0. The molecule has 0 saturated carbocycles. The normalized spacial score (nSPS) is 42.5. The fourth-order valence-electron chi connectivity index (χ4n) is 2.74. The van der Waals surface area contributed by atoms with Crippen LogP contribution in [0.2, 0.25) is 0 Å². The van der Waals surface area contributed by atoms with Crippen molar-refractivity contribution in [3.63, 3.8) is 0 Å². The third-order valence-corrected chi connectivity index (χ3v) is 4.45. The summed E-state index contributed by atoms with van der Waals surface area (Å²) in [7, 11) is -5.03. The van der Waals surface area contributed by atoms with Gasteiger partial charge in [0.15, 0.2) is 12.6 Å². The Kier molecular flexibility index (Phi) is 7.03. The Bertz CT molecular complexity index is 580. The van der Waals surface area contributed by atoms with E-state index in [4.69, 9.17) is 18.8 Å². The molecule has 2 rings (SSSR count). The van der Waals surface area contributed by atoms with E-state index in [0.717, 1.165) is 0 Å². The second kappa shape index (κ2) is 8.49. The van der Waals surface area contributed by atoms with Crippen molar-refractivity contribution in [1.29, 1.82) is 0 Å². The molecule has 0 amide bonds. The van der Waals surface area contributed by atoms with Gasteiger partial charge >= 0.3 is 10.4 Å². The molecule has 0 aromatic rings. The molecule has 9 atom stereocenters. The van der Waals surface area contributed by atoms with Crippen molar-refractivity contribution in [2.24, 2.45) is 0 Å². The summed E-state index contributed by atoms with van der Waals surface area (Å²) in [5, 5.41) is 48.8. The summed E-state index contributed by atoms with van der Waals surface area (Å²) in [4.78, 5) is 10.7. The molecule has 2 aliphatic rings. The Labute approximate surface area is 147 Å². The monoisotopic (exact) mass is 404 g/mol. The molecule has 26 heavy (non-hydrogen) atoms. The predicted octanol–water partition coefficient (Wildman–Crippen LogP) is -4.68. The Hall–Kier alpha value is -0.780. The van der Waals surface area contributed by atoms with Gasteiger partial charge in [-0.1, -0.05) is 0 Å². The van der Waals surface area contributed by atoms with Crippen LogP contribution in [0, 0.1) is 0 Å². The van der Waals surface area contributed by atoms with Gasteiger partial charge < -0.3 is 44.5 Å². The topological polar surface area (TPSA) is 210 Å². The Morgan fingerprint density at radius 2 is 1.85 bits per heavy atom. The standard InChI is InChI=1S/C12H20O13S/c13-1-4(15)9-10(5(16)3-22-9)24-12-8(18)7(17)11(6(2-14)23-12)25-26(19,20)21/h1,4-12,14-18H,2-3H2,(H,19,20,21)/t4-,5+,6+,7+,8+,9+,10-,11-,12+/m0/s1. The molecule has 0 aromatic carbocycles. The van der Waals surface area contributed by atoms with Crippen LogP contribution in [0.5, 0.6) is 0 Å². The SMILES string of the molecule is O=C[C@H](O)[C@H]1OC[C@@H](O)[C@@H]1O[C@H]1O[C@H](CO)[C@H](OS(=O)(=O)O)[C@H](O)[C@H]1O. The average Bonchev–Trinajstić information content (AvgIpc) is 2.93. The maximum atomic E-state index is 10.8. The lowest BCUT2D eigenvalue weighted by Gasteiger charge is -2.42. The Balaban J connectivity index is 2.14. The number of carbonyl (C=O) groups excluding carboxylic acids is 1. The largest absolute Gasteiger partial charge is 0.397 e. The molecule has 0 unspecified atom stereocenters. The zero-order chi connectivity index (χ0) is 19.6. The average molecular weight is 404 g/mol. The first-order chi connectivity index (χ1) is 12.1. The van der Waals surface area contributed by atoms with Gasteiger partial charge in [-0.05, 0) is 0 Å². The summed E-state index contributed by atoms with van der Waals surface area (Å²) in [6, 6.07) is 0. The maximum Gasteiger partial charge on any atom is 0.397 e. The van der Waals surface area contributed by atoms with Crippen molar-refractivity contribution >= 4 is 16.7 Å². The number of ether oxygens (including phenoxy) is 3. The number of rotatable bonds is 7. The van der Waals surface area contributed by atoms with Crippen LogP contribution >= 0.6 is 0 Å². The second-order valence-electron chi connectivity index (χ2n) is 5.79. The van der Waals surface area contributed by atoms with E-state index in [1.54, 1.807) is 0 Å². The van der Waals surface area contributed by atoms with Crippen molar-refractivity contribution in [3.05, 3.63) is 0 Å². The van der Waals surface area contributed by atoms with Crippen LogP contribution in [0.25, 0.3) is 0 Å². The van der Waals surface area contributed by atoms with Crippen molar-refractivity contribution in [2.45, 2.75) is 55.1 Å². The number of aliphatic hydroxyl groups excluding tert-OH is 5. The van der Waals surface area contributed by atoms with Gasteiger partial charge in [-0.25, -0.2) is 4.18 Å². The third kappa shape index (κ3) is 4.73. The smallest absolute Gasteiger partial charge is 0.394 e. The van der Waals surface area contributed by atoms with Crippen LogP contribution < -0.4 is 0 Å². The molecule has 0 aliphatic carbocycles. The fourth-order valence-corrected chi connectivity index (χ4v) is 3.25. The molecule has 6 N–H and O–H groups in total. The number of aldehydes is 1. The Morgan fingerprint density at radius 1 is 1.19 bits per heavy atom. The number of aliphatic hydroxyl groups is 5. The van der Waals surface area contributed by atoms with E-state index in [1.165, 1.54) is 0 Å². The van der Waals surface area contributed by atoms with E-state index in [0.29, 0.717) is 0 Å². The summed E-state index contributed by atoms with van der Waals surface area (Å²) in [6.07, 6.45) is -14.4. The van der Waals surface area contributed by atoms with Gasteiger partial charge in [0, 0.05) is 0 Å². The van der Waals surface area contributed by atoms with Crippen LogP contribution in [-0.4, -0.2) is 113 Å². The molecule has 0 aromatic heterocycles. The first kappa shape index (κ1) is 21.5. The van der Waals surface area contributed by atoms with Crippen molar-refractivity contribution < 1.29 is 61.7 Å². The van der Waals surface area contributed by atoms with E-state index in [9.17, 15) is 38.7 Å². The molecule has 0 bridgehead atoms. The minimum atomic E-state index is -5.03. The lowest BCUT2D eigenvalue weighted by atomic mass is 9.99. The van der Waals surface area contributed by atoms with Gasteiger partial charge in [0.1, 0.15) is 48.8 Å². The molecule has 2 saturated heterocycles. The maximum absolute atomic E-state index is 10.8. The molecule has 152 valence electrons. The van der Waals surface area contributed by atoms with E-state index < -0.39 is 72.1 Å². The molecular formula is C12H20O13S. The van der Waals surface area contributed by atoms with Gasteiger partial charge in [0.25, 0.3) is 0 Å². The Morgan fingerprint density at radius 3 is 2.38 bits per heavy atom. The van der Waals surface area contributed by atoms with Crippen LogP contribution in [0.3, 0.4) is 0 Å². The first-order valence-electron chi connectivity index (χ1n) is 7.45. The molecule has 13 nitrogen and oxygen atoms in total. The molecule has 2 fully saturated rings. The lowest BCUT2D eigenvalue weighted by molar-refractivity contribution is -0.315. The van der Waals surface area contributed by atoms with Crippen LogP contribution in [0.15, 0.2) is 0 Å². The van der Waals surface area contributed by atoms with Gasteiger partial charge in [-0.2, -0.15) is 8.42 Å². The highest BCUT2D eigenvalue weighted by molar-refractivity contribution is 7.80. The van der Waals surface area contributed by atoms with Gasteiger partial charge in [0.05, 0.1) is 13.2 Å². The number of hydrogen-bond acceptors (Lipinski definition) is 12. The van der Waals surface area contributed by atoms with Gasteiger partial charge in [-0.15, -0.1) is 0 Å². The van der Waals surface area contributed by atoms with Crippen LogP contribution in [0.4, 0.5) is 0 Å². The van der Waals surface area contributed by atoms with E-state index >= 15 is 0 Å². The molecular weight excluding hydrogens is 384 g/mol. The van der Waals surface area contributed by atoms with Gasteiger partial charge in [0.2, 0.25) is 0 Å². The molecule has 2 aliphatic heterocycles. The summed E-state index contributed by atoms with van der Waals surface area (Å²) in [5.41, 5.74) is 0. The second-order valence-corrected chi connectivity index (χ2v) is 6.84. The fraction of sp³-hybridized carbons (Fsp3) is 0.917. The summed E-state index contributed by atoms with van der Waals surface area (Å²) < 4.78 is 50.0.